The Bertz CT molecular complexity index is 999. The largest absolute Gasteiger partial charge is 0.505 e. The van der Waals surface area contributed by atoms with E-state index in [2.05, 4.69) is 26.8 Å². The lowest BCUT2D eigenvalue weighted by Gasteiger charge is -2.58. The number of aliphatic hydroxyl groups excluding tert-OH is 2. The van der Waals surface area contributed by atoms with Crippen LogP contribution >= 0.6 is 0 Å². The SMILES string of the molecule is CC.CC.CC(C)(O)CCC(=O)C(O)C1CCC2C3CC=C4C(C=C(O)C(=O)C4(C)C)C3(C)C(=O)CC12C.CCC. The summed E-state index contributed by atoms with van der Waals surface area (Å²) in [4.78, 5) is 39.4. The van der Waals surface area contributed by atoms with Gasteiger partial charge < -0.3 is 15.3 Å². The van der Waals surface area contributed by atoms with Crippen LogP contribution < -0.4 is 0 Å². The standard InChI is InChI=1S/C28H40O6.C3H8.2C2H6/c1-25(2,34)12-11-20(29)23(32)18-10-8-16-17-9-7-15-19(13-21(30)24(33)26(15,3)4)28(17,6)22(31)14-27(16,18)5;1-3-2;2*1-2/h7,13,16-19,23,30,32,34H,8-12,14H2,1-6H3;3H2,1-2H3;2*1-2H3. The minimum absolute atomic E-state index is 0.0178. The molecule has 0 aliphatic heterocycles. The van der Waals surface area contributed by atoms with Gasteiger partial charge >= 0.3 is 0 Å². The minimum Gasteiger partial charge on any atom is -0.505 e. The average Bonchev–Trinajstić information content (AvgIpc) is 3.25. The van der Waals surface area contributed by atoms with Gasteiger partial charge in [0.15, 0.2) is 11.5 Å². The third-order valence-corrected chi connectivity index (χ3v) is 9.99. The van der Waals surface area contributed by atoms with Crippen LogP contribution in [0, 0.1) is 39.9 Å². The van der Waals surface area contributed by atoms with Crippen LogP contribution in [0.5, 0.6) is 0 Å². The van der Waals surface area contributed by atoms with Crippen LogP contribution in [-0.2, 0) is 14.4 Å². The first-order valence-electron chi connectivity index (χ1n) is 16.1. The Kier molecular flexibility index (Phi) is 12.8. The molecule has 41 heavy (non-hydrogen) atoms. The molecule has 0 amide bonds. The first-order valence-corrected chi connectivity index (χ1v) is 16.1. The summed E-state index contributed by atoms with van der Waals surface area (Å²) in [6, 6.07) is 0. The molecular weight excluding hydrogens is 516 g/mol. The molecule has 0 aromatic carbocycles. The Labute approximate surface area is 250 Å². The van der Waals surface area contributed by atoms with E-state index in [4.69, 9.17) is 0 Å². The fourth-order valence-electron chi connectivity index (χ4n) is 7.81. The maximum Gasteiger partial charge on any atom is 0.206 e. The van der Waals surface area contributed by atoms with E-state index in [0.29, 0.717) is 12.8 Å². The summed E-state index contributed by atoms with van der Waals surface area (Å²) in [6.07, 6.45) is 6.67. The van der Waals surface area contributed by atoms with Gasteiger partial charge in [-0.3, -0.25) is 14.4 Å². The van der Waals surface area contributed by atoms with Crippen LogP contribution in [-0.4, -0.2) is 44.4 Å². The highest BCUT2D eigenvalue weighted by Gasteiger charge is 2.66. The molecule has 4 aliphatic carbocycles. The molecule has 0 radical (unpaired) electrons. The maximum absolute atomic E-state index is 13.9. The van der Waals surface area contributed by atoms with Crippen molar-refractivity contribution in [1.29, 1.82) is 0 Å². The molecule has 4 aliphatic rings. The van der Waals surface area contributed by atoms with E-state index in [1.54, 1.807) is 19.9 Å². The molecule has 0 bridgehead atoms. The Morgan fingerprint density at radius 2 is 1.56 bits per heavy atom. The molecular formula is C35H60O6. The van der Waals surface area contributed by atoms with Crippen molar-refractivity contribution in [2.75, 3.05) is 0 Å². The topological polar surface area (TPSA) is 112 Å². The summed E-state index contributed by atoms with van der Waals surface area (Å²) < 4.78 is 0. The Morgan fingerprint density at radius 3 is 2.07 bits per heavy atom. The van der Waals surface area contributed by atoms with Crippen LogP contribution in [0.4, 0.5) is 0 Å². The van der Waals surface area contributed by atoms with Gasteiger partial charge in [-0.2, -0.15) is 0 Å². The number of fused-ring (bicyclic) bond motifs is 5. The highest BCUT2D eigenvalue weighted by molar-refractivity contribution is 6.02. The zero-order valence-corrected chi connectivity index (χ0v) is 28.1. The van der Waals surface area contributed by atoms with Crippen LogP contribution in [0.25, 0.3) is 0 Å². The minimum atomic E-state index is -1.14. The number of rotatable bonds is 5. The number of carbonyl (C=O) groups is 3. The lowest BCUT2D eigenvalue weighted by atomic mass is 9.44. The Hall–Kier alpha value is -1.79. The van der Waals surface area contributed by atoms with Gasteiger partial charge in [0.2, 0.25) is 5.78 Å². The van der Waals surface area contributed by atoms with Crippen LogP contribution in [0.1, 0.15) is 128 Å². The summed E-state index contributed by atoms with van der Waals surface area (Å²) in [5.41, 5.74) is -2.12. The van der Waals surface area contributed by atoms with Crippen molar-refractivity contribution in [1.82, 2.24) is 0 Å². The molecule has 2 fully saturated rings. The molecule has 3 N–H and O–H groups in total. The van der Waals surface area contributed by atoms with Gasteiger partial charge in [-0.05, 0) is 82.6 Å². The van der Waals surface area contributed by atoms with Crippen LogP contribution in [0.3, 0.4) is 0 Å². The van der Waals surface area contributed by atoms with E-state index in [0.717, 1.165) is 12.0 Å². The predicted molar refractivity (Wildman–Crippen MR) is 166 cm³/mol. The fraction of sp³-hybridized carbons (Fsp3) is 0.800. The molecule has 236 valence electrons. The van der Waals surface area contributed by atoms with E-state index in [1.165, 1.54) is 6.42 Å². The molecule has 7 atom stereocenters. The third kappa shape index (κ3) is 6.90. The number of Topliss-reactive ketones (excluding diaryl/α,β-unsaturated/α-hetero) is 3. The van der Waals surface area contributed by atoms with Crippen molar-refractivity contribution in [3.63, 3.8) is 0 Å². The van der Waals surface area contributed by atoms with E-state index in [-0.39, 0.29) is 66.0 Å². The summed E-state index contributed by atoms with van der Waals surface area (Å²) in [6.45, 7) is 23.2. The van der Waals surface area contributed by atoms with Gasteiger partial charge in [0.05, 0.1) is 11.0 Å². The zero-order chi connectivity index (χ0) is 32.1. The summed E-state index contributed by atoms with van der Waals surface area (Å²) in [7, 11) is 0. The van der Waals surface area contributed by atoms with Gasteiger partial charge in [-0.25, -0.2) is 0 Å². The van der Waals surface area contributed by atoms with Crippen LogP contribution in [0.15, 0.2) is 23.5 Å². The molecule has 0 aromatic rings. The van der Waals surface area contributed by atoms with Gasteiger partial charge in [-0.1, -0.05) is 73.5 Å². The van der Waals surface area contributed by atoms with Crippen LogP contribution in [0.2, 0.25) is 0 Å². The Morgan fingerprint density at radius 1 is 1.02 bits per heavy atom. The first-order chi connectivity index (χ1) is 19.0. The van der Waals surface area contributed by atoms with E-state index in [1.807, 2.05) is 48.5 Å². The molecule has 4 rings (SSSR count). The smallest absolute Gasteiger partial charge is 0.206 e. The lowest BCUT2D eigenvalue weighted by molar-refractivity contribution is -0.156. The lowest BCUT2D eigenvalue weighted by Crippen LogP contribution is -2.59. The van der Waals surface area contributed by atoms with Crippen molar-refractivity contribution in [2.24, 2.45) is 39.9 Å². The Balaban J connectivity index is 0.00000110. The van der Waals surface area contributed by atoms with Crippen molar-refractivity contribution in [2.45, 2.75) is 140 Å². The molecule has 6 nitrogen and oxygen atoms in total. The second kappa shape index (κ2) is 14.1. The highest BCUT2D eigenvalue weighted by atomic mass is 16.3. The zero-order valence-electron chi connectivity index (χ0n) is 28.1. The van der Waals surface area contributed by atoms with Crippen molar-refractivity contribution >= 4 is 17.3 Å². The van der Waals surface area contributed by atoms with Gasteiger partial charge in [0.1, 0.15) is 11.9 Å². The molecule has 2 saturated carbocycles. The normalized spacial score (nSPS) is 33.9. The van der Waals surface area contributed by atoms with E-state index >= 15 is 0 Å². The number of hydrogen-bond acceptors (Lipinski definition) is 6. The highest BCUT2D eigenvalue weighted by Crippen LogP contribution is 2.67. The monoisotopic (exact) mass is 576 g/mol. The molecule has 6 heteroatoms. The number of aliphatic hydroxyl groups is 3. The second-order valence-corrected chi connectivity index (χ2v) is 13.6. The number of carbonyl (C=O) groups excluding carboxylic acids is 3. The van der Waals surface area contributed by atoms with Crippen molar-refractivity contribution < 1.29 is 29.7 Å². The third-order valence-electron chi connectivity index (χ3n) is 9.99. The maximum atomic E-state index is 13.9. The van der Waals surface area contributed by atoms with E-state index < -0.39 is 27.9 Å². The van der Waals surface area contributed by atoms with Gasteiger partial charge in [0.25, 0.3) is 0 Å². The fourth-order valence-corrected chi connectivity index (χ4v) is 7.81. The summed E-state index contributed by atoms with van der Waals surface area (Å²) >= 11 is 0. The quantitative estimate of drug-likeness (QED) is 0.291. The number of hydrogen-bond donors (Lipinski definition) is 3. The molecule has 7 unspecified atom stereocenters. The van der Waals surface area contributed by atoms with Crippen molar-refractivity contribution in [3.05, 3.63) is 23.5 Å². The second-order valence-electron chi connectivity index (χ2n) is 13.6. The molecule has 0 heterocycles. The predicted octanol–water partition coefficient (Wildman–Crippen LogP) is 7.56. The van der Waals surface area contributed by atoms with Crippen molar-refractivity contribution in [3.8, 4) is 0 Å². The van der Waals surface area contributed by atoms with Gasteiger partial charge in [0, 0.05) is 24.2 Å². The first kappa shape index (κ1) is 37.2. The summed E-state index contributed by atoms with van der Waals surface area (Å²) in [5, 5.41) is 31.5. The van der Waals surface area contributed by atoms with Gasteiger partial charge in [-0.15, -0.1) is 0 Å². The van der Waals surface area contributed by atoms with E-state index in [9.17, 15) is 29.7 Å². The summed E-state index contributed by atoms with van der Waals surface area (Å²) in [5.74, 6) is -1.18. The molecule has 0 saturated heterocycles. The molecule has 0 aromatic heterocycles. The molecule has 0 spiro atoms. The number of ketones is 3. The average molecular weight is 577 g/mol. The number of allylic oxidation sites excluding steroid dienone is 4.